The quantitative estimate of drug-likeness (QED) is 0.673. The van der Waals surface area contributed by atoms with Gasteiger partial charge in [-0.25, -0.2) is 0 Å². The second-order valence-corrected chi connectivity index (χ2v) is 19.4. The third-order valence-electron chi connectivity index (χ3n) is 1.56. The van der Waals surface area contributed by atoms with Gasteiger partial charge in [0.15, 0.2) is 0 Å². The van der Waals surface area contributed by atoms with Crippen LogP contribution in [0.3, 0.4) is 0 Å². The molecular weight excluding hydrogens is 265 g/mol. The molecule has 0 aromatic rings. The van der Waals surface area contributed by atoms with E-state index in [0.717, 1.165) is 8.76 Å². The van der Waals surface area contributed by atoms with Gasteiger partial charge in [0, 0.05) is 0 Å². The molecule has 0 saturated carbocycles. The molecule has 0 saturated heterocycles. The first kappa shape index (κ1) is 9.45. The first-order chi connectivity index (χ1) is 4.91. The standard InChI is InChI=1S/C4H4NOS.3CH3.Sn/c1-4-5-2-3-7(4)6;;;;/h3H,1H3;3*1H3;. The number of aliphatic imine (C=N–C) groups is 1. The van der Waals surface area contributed by atoms with Crippen LogP contribution >= 0.6 is 0 Å². The molecule has 0 bridgehead atoms. The van der Waals surface area contributed by atoms with Crippen LogP contribution in [0.5, 0.6) is 0 Å². The Labute approximate surface area is 74.1 Å². The van der Waals surface area contributed by atoms with Crippen molar-refractivity contribution >= 4 is 34.2 Å². The predicted octanol–water partition coefficient (Wildman–Crippen LogP) is 1.89. The van der Waals surface area contributed by atoms with Gasteiger partial charge in [-0.1, -0.05) is 0 Å². The first-order valence-electron chi connectivity index (χ1n) is 3.59. The zero-order chi connectivity index (χ0) is 8.65. The van der Waals surface area contributed by atoms with Gasteiger partial charge in [-0.3, -0.25) is 0 Å². The van der Waals surface area contributed by atoms with E-state index < -0.39 is 29.2 Å². The fraction of sp³-hybridized carbons (Fsp3) is 0.571. The van der Waals surface area contributed by atoms with E-state index in [1.54, 1.807) is 0 Å². The van der Waals surface area contributed by atoms with Crippen molar-refractivity contribution in [2.24, 2.45) is 4.99 Å². The van der Waals surface area contributed by atoms with Crippen LogP contribution in [0.2, 0.25) is 14.8 Å². The molecule has 1 aliphatic heterocycles. The zero-order valence-electron chi connectivity index (χ0n) is 7.34. The molecule has 0 N–H and O–H groups in total. The van der Waals surface area contributed by atoms with Crippen LogP contribution in [-0.2, 0) is 10.8 Å². The monoisotopic (exact) mass is 279 g/mol. The summed E-state index contributed by atoms with van der Waals surface area (Å²) < 4.78 is 12.3. The summed E-state index contributed by atoms with van der Waals surface area (Å²) in [6.45, 7) is 1.83. The van der Waals surface area contributed by atoms with Crippen LogP contribution in [0.15, 0.2) is 14.1 Å². The molecular formula is C7H13NOSSn. The molecule has 4 heteroatoms. The zero-order valence-corrected chi connectivity index (χ0v) is 11.0. The molecule has 1 rings (SSSR count). The van der Waals surface area contributed by atoms with Gasteiger partial charge >= 0.3 is 74.3 Å². The summed E-state index contributed by atoms with van der Waals surface area (Å²) in [5.74, 6) is 0. The van der Waals surface area contributed by atoms with Crippen LogP contribution in [0.25, 0.3) is 0 Å². The summed E-state index contributed by atoms with van der Waals surface area (Å²) in [5, 5.41) is 2.59. The minimum atomic E-state index is -2.02. The Balaban J connectivity index is 2.96. The van der Waals surface area contributed by atoms with Crippen molar-refractivity contribution in [3.63, 3.8) is 0 Å². The Kier molecular flexibility index (Phi) is 2.59. The van der Waals surface area contributed by atoms with Crippen molar-refractivity contribution < 1.29 is 4.21 Å². The molecule has 1 atom stereocenters. The Morgan fingerprint density at radius 2 is 2.00 bits per heavy atom. The summed E-state index contributed by atoms with van der Waals surface area (Å²) >= 11 is -2.02. The fourth-order valence-electron chi connectivity index (χ4n) is 0.772. The van der Waals surface area contributed by atoms with Gasteiger partial charge in [-0.05, 0) is 0 Å². The summed E-state index contributed by atoms with van der Waals surface area (Å²) in [6.07, 6.45) is 0. The molecule has 1 aliphatic rings. The second kappa shape index (κ2) is 3.01. The third-order valence-corrected chi connectivity index (χ3v) is 8.38. The minimum absolute atomic E-state index is 0.770. The molecule has 0 aromatic carbocycles. The maximum absolute atomic E-state index is 11.2. The van der Waals surface area contributed by atoms with Crippen LogP contribution < -0.4 is 0 Å². The van der Waals surface area contributed by atoms with E-state index in [0.29, 0.717) is 0 Å². The van der Waals surface area contributed by atoms with E-state index in [1.807, 2.05) is 12.3 Å². The molecule has 1 unspecified atom stereocenters. The van der Waals surface area contributed by atoms with Gasteiger partial charge in [0.25, 0.3) is 0 Å². The molecule has 0 spiro atoms. The van der Waals surface area contributed by atoms with Crippen molar-refractivity contribution in [2.45, 2.75) is 21.7 Å². The van der Waals surface area contributed by atoms with Crippen LogP contribution in [0.1, 0.15) is 6.92 Å². The van der Waals surface area contributed by atoms with E-state index in [2.05, 4.69) is 19.8 Å². The van der Waals surface area contributed by atoms with Gasteiger partial charge in [0.1, 0.15) is 0 Å². The Hall–Kier alpha value is 0.359. The van der Waals surface area contributed by atoms with Crippen LogP contribution in [0.4, 0.5) is 0 Å². The number of nitrogens with zero attached hydrogens (tertiary/aromatic N) is 1. The summed E-state index contributed by atoms with van der Waals surface area (Å²) in [4.78, 5) is 11.1. The second-order valence-electron chi connectivity index (χ2n) is 3.68. The SMILES string of the molecule is CC1=N[C]([Sn]([CH3])([CH3])[CH3])=CS1=O. The van der Waals surface area contributed by atoms with Crippen molar-refractivity contribution in [3.8, 4) is 0 Å². The number of hydrogen-bond acceptors (Lipinski definition) is 2. The average Bonchev–Trinajstić information content (AvgIpc) is 2.11. The Bertz CT molecular complexity index is 262. The molecule has 62 valence electrons. The van der Waals surface area contributed by atoms with Gasteiger partial charge in [0.05, 0.1) is 0 Å². The van der Waals surface area contributed by atoms with Crippen molar-refractivity contribution in [3.05, 3.63) is 9.12 Å². The van der Waals surface area contributed by atoms with E-state index in [9.17, 15) is 4.21 Å². The topological polar surface area (TPSA) is 29.4 Å². The molecule has 0 aliphatic carbocycles. The summed E-state index contributed by atoms with van der Waals surface area (Å²) in [5.41, 5.74) is 0. The normalized spacial score (nSPS) is 24.9. The molecule has 0 fully saturated rings. The van der Waals surface area contributed by atoms with Crippen LogP contribution in [-0.4, -0.2) is 27.6 Å². The van der Waals surface area contributed by atoms with Gasteiger partial charge in [-0.15, -0.1) is 0 Å². The third kappa shape index (κ3) is 2.15. The van der Waals surface area contributed by atoms with Crippen molar-refractivity contribution in [1.29, 1.82) is 0 Å². The molecule has 11 heavy (non-hydrogen) atoms. The average molecular weight is 278 g/mol. The predicted molar refractivity (Wildman–Crippen MR) is 52.7 cm³/mol. The van der Waals surface area contributed by atoms with Gasteiger partial charge in [0.2, 0.25) is 0 Å². The molecule has 0 amide bonds. The Morgan fingerprint density at radius 3 is 2.18 bits per heavy atom. The molecule has 1 heterocycles. The van der Waals surface area contributed by atoms with Gasteiger partial charge in [-0.2, -0.15) is 0 Å². The number of hydrogen-bond donors (Lipinski definition) is 0. The summed E-state index contributed by atoms with van der Waals surface area (Å²) in [7, 11) is -0.904. The molecule has 0 radical (unpaired) electrons. The first-order valence-corrected chi connectivity index (χ1v) is 14.8. The maximum atomic E-state index is 11.2. The number of rotatable bonds is 1. The molecule has 2 nitrogen and oxygen atoms in total. The molecule has 0 aromatic heterocycles. The fourth-order valence-corrected chi connectivity index (χ4v) is 7.35. The van der Waals surface area contributed by atoms with E-state index >= 15 is 0 Å². The van der Waals surface area contributed by atoms with E-state index in [1.165, 1.54) is 0 Å². The summed E-state index contributed by atoms with van der Waals surface area (Å²) in [6, 6.07) is 0. The van der Waals surface area contributed by atoms with E-state index in [4.69, 9.17) is 0 Å². The van der Waals surface area contributed by atoms with Crippen LogP contribution in [0, 0.1) is 0 Å². The van der Waals surface area contributed by atoms with Crippen molar-refractivity contribution in [2.75, 3.05) is 0 Å². The van der Waals surface area contributed by atoms with E-state index in [-0.39, 0.29) is 0 Å². The Morgan fingerprint density at radius 1 is 1.45 bits per heavy atom. The van der Waals surface area contributed by atoms with Gasteiger partial charge < -0.3 is 0 Å². The van der Waals surface area contributed by atoms with Crippen molar-refractivity contribution in [1.82, 2.24) is 0 Å².